The first-order valence-corrected chi connectivity index (χ1v) is 5.88. The van der Waals surface area contributed by atoms with E-state index in [1.807, 2.05) is 13.8 Å². The molecule has 2 atom stereocenters. The van der Waals surface area contributed by atoms with E-state index in [2.05, 4.69) is 5.32 Å². The van der Waals surface area contributed by atoms with Gasteiger partial charge in [0.15, 0.2) is 0 Å². The minimum atomic E-state index is -1.01. The summed E-state index contributed by atoms with van der Waals surface area (Å²) in [5, 5.41) is 12.7. The van der Waals surface area contributed by atoms with Gasteiger partial charge in [-0.2, -0.15) is 0 Å². The third-order valence-electron chi connectivity index (χ3n) is 2.77. The van der Waals surface area contributed by atoms with Crippen LogP contribution in [0.4, 0.5) is 4.39 Å². The van der Waals surface area contributed by atoms with Crippen LogP contribution in [0.3, 0.4) is 0 Å². The predicted molar refractivity (Wildman–Crippen MR) is 67.2 cm³/mol. The summed E-state index contributed by atoms with van der Waals surface area (Å²) in [7, 11) is 0. The second-order valence-corrected chi connectivity index (χ2v) is 4.57. The normalized spacial score (nSPS) is 14.5. The molecule has 0 radical (unpaired) electrons. The number of hydrogen-bond acceptors (Lipinski definition) is 3. The first-order valence-electron chi connectivity index (χ1n) is 5.88. The van der Waals surface area contributed by atoms with E-state index >= 15 is 0 Å². The van der Waals surface area contributed by atoms with E-state index in [9.17, 15) is 14.3 Å². The van der Waals surface area contributed by atoms with E-state index in [0.29, 0.717) is 0 Å². The summed E-state index contributed by atoms with van der Waals surface area (Å²) >= 11 is 0. The summed E-state index contributed by atoms with van der Waals surface area (Å²) in [5.74, 6) is -0.937. The van der Waals surface area contributed by atoms with Crippen molar-refractivity contribution >= 4 is 5.91 Å². The average molecular weight is 254 g/mol. The van der Waals surface area contributed by atoms with Crippen LogP contribution in [0.2, 0.25) is 0 Å². The zero-order valence-corrected chi connectivity index (χ0v) is 10.6. The van der Waals surface area contributed by atoms with E-state index in [4.69, 9.17) is 5.73 Å². The summed E-state index contributed by atoms with van der Waals surface area (Å²) < 4.78 is 13.4. The minimum Gasteiger partial charge on any atom is -0.387 e. The van der Waals surface area contributed by atoms with Crippen LogP contribution in [0.25, 0.3) is 0 Å². The molecule has 5 heteroatoms. The molecule has 1 aromatic carbocycles. The third kappa shape index (κ3) is 3.78. The Morgan fingerprint density at radius 2 is 2.06 bits per heavy atom. The summed E-state index contributed by atoms with van der Waals surface area (Å²) in [6.07, 6.45) is -1.01. The Kier molecular flexibility index (Phi) is 5.25. The Morgan fingerprint density at radius 3 is 2.56 bits per heavy atom. The van der Waals surface area contributed by atoms with Crippen molar-refractivity contribution in [2.45, 2.75) is 26.0 Å². The van der Waals surface area contributed by atoms with Crippen molar-refractivity contribution in [3.8, 4) is 0 Å². The standard InChI is InChI=1S/C13H19FN2O2/c1-8(2)12(13(15)18)16-7-11(17)9-5-3-4-6-10(9)14/h3-6,8,11-12,16-17H,7H2,1-2H3,(H2,15,18). The number of nitrogens with one attached hydrogen (secondary N) is 1. The number of aliphatic hydroxyl groups excluding tert-OH is 1. The molecule has 0 heterocycles. The molecule has 1 rings (SSSR count). The fraction of sp³-hybridized carbons (Fsp3) is 0.462. The molecule has 100 valence electrons. The number of halogens is 1. The molecule has 1 amide bonds. The first kappa shape index (κ1) is 14.6. The number of primary amides is 1. The molecular weight excluding hydrogens is 235 g/mol. The number of amides is 1. The van der Waals surface area contributed by atoms with E-state index in [0.717, 1.165) is 0 Å². The maximum absolute atomic E-state index is 13.4. The van der Waals surface area contributed by atoms with Gasteiger partial charge in [0.05, 0.1) is 12.1 Å². The predicted octanol–water partition coefficient (Wildman–Crippen LogP) is 0.959. The Bertz CT molecular complexity index is 410. The largest absolute Gasteiger partial charge is 0.387 e. The fourth-order valence-electron chi connectivity index (χ4n) is 1.76. The van der Waals surface area contributed by atoms with Gasteiger partial charge in [-0.1, -0.05) is 32.0 Å². The van der Waals surface area contributed by atoms with Crippen LogP contribution in [0.5, 0.6) is 0 Å². The number of rotatable bonds is 6. The minimum absolute atomic E-state index is 0.00956. The van der Waals surface area contributed by atoms with Gasteiger partial charge < -0.3 is 16.2 Å². The maximum Gasteiger partial charge on any atom is 0.234 e. The Balaban J connectivity index is 2.63. The second-order valence-electron chi connectivity index (χ2n) is 4.57. The fourth-order valence-corrected chi connectivity index (χ4v) is 1.76. The Hall–Kier alpha value is -1.46. The third-order valence-corrected chi connectivity index (χ3v) is 2.77. The van der Waals surface area contributed by atoms with Gasteiger partial charge >= 0.3 is 0 Å². The van der Waals surface area contributed by atoms with Crippen molar-refractivity contribution in [2.75, 3.05) is 6.54 Å². The highest BCUT2D eigenvalue weighted by molar-refractivity contribution is 5.80. The molecule has 0 aliphatic rings. The summed E-state index contributed by atoms with van der Waals surface area (Å²) in [6.45, 7) is 3.77. The molecule has 4 nitrogen and oxygen atoms in total. The molecule has 0 spiro atoms. The van der Waals surface area contributed by atoms with Crippen molar-refractivity contribution in [3.63, 3.8) is 0 Å². The van der Waals surface area contributed by atoms with E-state index < -0.39 is 23.9 Å². The number of hydrogen-bond donors (Lipinski definition) is 3. The van der Waals surface area contributed by atoms with Crippen LogP contribution in [0.1, 0.15) is 25.5 Å². The Labute approximate surface area is 106 Å². The van der Waals surface area contributed by atoms with Gasteiger partial charge in [-0.3, -0.25) is 4.79 Å². The zero-order valence-electron chi connectivity index (χ0n) is 10.6. The average Bonchev–Trinajstić information content (AvgIpc) is 2.28. The van der Waals surface area contributed by atoms with Crippen molar-refractivity contribution in [1.29, 1.82) is 0 Å². The van der Waals surface area contributed by atoms with Crippen molar-refractivity contribution in [3.05, 3.63) is 35.6 Å². The topological polar surface area (TPSA) is 75.3 Å². The van der Waals surface area contributed by atoms with Gasteiger partial charge in [0.25, 0.3) is 0 Å². The highest BCUT2D eigenvalue weighted by Crippen LogP contribution is 2.16. The number of nitrogens with two attached hydrogens (primary N) is 1. The molecule has 4 N–H and O–H groups in total. The van der Waals surface area contributed by atoms with Crippen LogP contribution in [0.15, 0.2) is 24.3 Å². The van der Waals surface area contributed by atoms with E-state index in [1.165, 1.54) is 12.1 Å². The van der Waals surface area contributed by atoms with Gasteiger partial charge in [0, 0.05) is 12.1 Å². The smallest absolute Gasteiger partial charge is 0.234 e. The highest BCUT2D eigenvalue weighted by Gasteiger charge is 2.21. The summed E-state index contributed by atoms with van der Waals surface area (Å²) in [5.41, 5.74) is 5.44. The summed E-state index contributed by atoms with van der Waals surface area (Å²) in [6, 6.07) is 5.46. The van der Waals surface area contributed by atoms with Gasteiger partial charge in [0.2, 0.25) is 5.91 Å². The molecule has 1 aromatic rings. The molecular formula is C13H19FN2O2. The van der Waals surface area contributed by atoms with Crippen LogP contribution in [-0.4, -0.2) is 23.6 Å². The highest BCUT2D eigenvalue weighted by atomic mass is 19.1. The maximum atomic E-state index is 13.4. The lowest BCUT2D eigenvalue weighted by Crippen LogP contribution is -2.46. The second kappa shape index (κ2) is 6.47. The molecule has 0 aliphatic heterocycles. The van der Waals surface area contributed by atoms with Gasteiger partial charge in [-0.25, -0.2) is 4.39 Å². The molecule has 0 saturated heterocycles. The zero-order chi connectivity index (χ0) is 13.7. The number of aliphatic hydroxyl groups is 1. The van der Waals surface area contributed by atoms with Crippen LogP contribution < -0.4 is 11.1 Å². The molecule has 2 unspecified atom stereocenters. The van der Waals surface area contributed by atoms with Crippen LogP contribution in [0, 0.1) is 11.7 Å². The first-order chi connectivity index (χ1) is 8.43. The number of carbonyl (C=O) groups is 1. The Morgan fingerprint density at radius 1 is 1.44 bits per heavy atom. The lowest BCUT2D eigenvalue weighted by atomic mass is 10.0. The lowest BCUT2D eigenvalue weighted by molar-refractivity contribution is -0.121. The monoisotopic (exact) mass is 254 g/mol. The van der Waals surface area contributed by atoms with Gasteiger partial charge in [-0.05, 0) is 12.0 Å². The molecule has 0 fully saturated rings. The molecule has 0 bridgehead atoms. The lowest BCUT2D eigenvalue weighted by Gasteiger charge is -2.21. The quantitative estimate of drug-likeness (QED) is 0.707. The van der Waals surface area contributed by atoms with Crippen molar-refractivity contribution < 1.29 is 14.3 Å². The molecule has 0 aliphatic carbocycles. The van der Waals surface area contributed by atoms with Crippen molar-refractivity contribution in [2.24, 2.45) is 11.7 Å². The van der Waals surface area contributed by atoms with Crippen LogP contribution in [-0.2, 0) is 4.79 Å². The van der Waals surface area contributed by atoms with E-state index in [1.54, 1.807) is 12.1 Å². The van der Waals surface area contributed by atoms with E-state index in [-0.39, 0.29) is 18.0 Å². The molecule has 0 saturated carbocycles. The number of benzene rings is 1. The molecule has 0 aromatic heterocycles. The number of carbonyl (C=O) groups excluding carboxylic acids is 1. The van der Waals surface area contributed by atoms with Crippen LogP contribution >= 0.6 is 0 Å². The summed E-state index contributed by atoms with van der Waals surface area (Å²) in [4.78, 5) is 11.2. The molecule has 18 heavy (non-hydrogen) atoms. The van der Waals surface area contributed by atoms with Crippen molar-refractivity contribution in [1.82, 2.24) is 5.32 Å². The van der Waals surface area contributed by atoms with Gasteiger partial charge in [0.1, 0.15) is 5.82 Å². The SMILES string of the molecule is CC(C)C(NCC(O)c1ccccc1F)C(N)=O. The van der Waals surface area contributed by atoms with Gasteiger partial charge in [-0.15, -0.1) is 0 Å².